The second kappa shape index (κ2) is 7.92. The van der Waals surface area contributed by atoms with E-state index in [1.807, 2.05) is 25.1 Å². The van der Waals surface area contributed by atoms with E-state index >= 15 is 0 Å². The Labute approximate surface area is 144 Å². The fourth-order valence-corrected chi connectivity index (χ4v) is 2.39. The van der Waals surface area contributed by atoms with Crippen LogP contribution in [0.25, 0.3) is 0 Å². The molecule has 2 aromatic rings. The Hall–Kier alpha value is -2.14. The van der Waals surface area contributed by atoms with E-state index in [1.54, 1.807) is 37.3 Å². The number of Topliss-reactive ketones (excluding diaryl/α,β-unsaturated/α-hetero) is 1. The van der Waals surface area contributed by atoms with Gasteiger partial charge in [0.25, 0.3) is 5.91 Å². The fraction of sp³-hybridized carbons (Fsp3) is 0.222. The van der Waals surface area contributed by atoms with Gasteiger partial charge in [-0.3, -0.25) is 9.59 Å². The largest absolute Gasteiger partial charge is 0.481 e. The molecular weight excluding hydrogens is 358 g/mol. The third kappa shape index (κ3) is 4.93. The lowest BCUT2D eigenvalue weighted by molar-refractivity contribution is -0.122. The summed E-state index contributed by atoms with van der Waals surface area (Å²) in [4.78, 5) is 23.7. The first-order valence-corrected chi connectivity index (χ1v) is 8.15. The maximum Gasteiger partial charge on any atom is 0.265 e. The molecule has 0 aliphatic heterocycles. The number of anilines is 1. The van der Waals surface area contributed by atoms with Gasteiger partial charge in [-0.15, -0.1) is 0 Å². The van der Waals surface area contributed by atoms with Crippen LogP contribution in [-0.4, -0.2) is 17.8 Å². The summed E-state index contributed by atoms with van der Waals surface area (Å²) in [5, 5.41) is 2.79. The zero-order chi connectivity index (χ0) is 16.8. The molecule has 5 heteroatoms. The molecule has 0 aliphatic rings. The summed E-state index contributed by atoms with van der Waals surface area (Å²) in [6, 6.07) is 14.2. The molecule has 0 bridgehead atoms. The van der Waals surface area contributed by atoms with E-state index in [1.165, 1.54) is 0 Å². The number of hydrogen-bond acceptors (Lipinski definition) is 3. The van der Waals surface area contributed by atoms with Gasteiger partial charge in [0, 0.05) is 22.1 Å². The smallest absolute Gasteiger partial charge is 0.265 e. The zero-order valence-corrected chi connectivity index (χ0v) is 14.6. The molecule has 1 N–H and O–H groups in total. The standard InChI is InChI=1S/C18H18BrNO3/c1-3-17(21)13-7-9-16(10-8-13)23-12(2)18(22)20-15-6-4-5-14(19)11-15/h4-12H,3H2,1-2H3,(H,20,22). The SMILES string of the molecule is CCC(=O)c1ccc(OC(C)C(=O)Nc2cccc(Br)c2)cc1. The first kappa shape index (κ1) is 17.2. The highest BCUT2D eigenvalue weighted by atomic mass is 79.9. The minimum atomic E-state index is -0.651. The Bertz CT molecular complexity index is 698. The van der Waals surface area contributed by atoms with Crippen LogP contribution in [0, 0.1) is 0 Å². The van der Waals surface area contributed by atoms with Gasteiger partial charge in [0.2, 0.25) is 0 Å². The molecule has 2 aromatic carbocycles. The average molecular weight is 376 g/mol. The van der Waals surface area contributed by atoms with Crippen LogP contribution >= 0.6 is 15.9 Å². The summed E-state index contributed by atoms with van der Waals surface area (Å²) in [6.07, 6.45) is -0.187. The Balaban J connectivity index is 1.96. The van der Waals surface area contributed by atoms with E-state index in [9.17, 15) is 9.59 Å². The van der Waals surface area contributed by atoms with Gasteiger partial charge in [0.05, 0.1) is 0 Å². The van der Waals surface area contributed by atoms with Crippen LogP contribution in [0.4, 0.5) is 5.69 Å². The van der Waals surface area contributed by atoms with Crippen molar-refractivity contribution < 1.29 is 14.3 Å². The molecule has 2 rings (SSSR count). The predicted molar refractivity (Wildman–Crippen MR) is 93.9 cm³/mol. The van der Waals surface area contributed by atoms with Crippen molar-refractivity contribution in [2.24, 2.45) is 0 Å². The Morgan fingerprint density at radius 3 is 2.48 bits per heavy atom. The van der Waals surface area contributed by atoms with Gasteiger partial charge in [-0.2, -0.15) is 0 Å². The summed E-state index contributed by atoms with van der Waals surface area (Å²) in [5.74, 6) is 0.392. The van der Waals surface area contributed by atoms with Crippen molar-refractivity contribution in [1.82, 2.24) is 0 Å². The molecule has 0 aliphatic carbocycles. The second-order valence-electron chi connectivity index (χ2n) is 5.06. The molecule has 0 saturated heterocycles. The first-order chi connectivity index (χ1) is 11.0. The summed E-state index contributed by atoms with van der Waals surface area (Å²) < 4.78 is 6.50. The highest BCUT2D eigenvalue weighted by molar-refractivity contribution is 9.10. The van der Waals surface area contributed by atoms with Crippen molar-refractivity contribution in [3.05, 3.63) is 58.6 Å². The van der Waals surface area contributed by atoms with Crippen LogP contribution in [0.5, 0.6) is 5.75 Å². The molecule has 23 heavy (non-hydrogen) atoms. The van der Waals surface area contributed by atoms with Crippen molar-refractivity contribution in [3.8, 4) is 5.75 Å². The minimum absolute atomic E-state index is 0.0806. The number of rotatable bonds is 6. The maximum absolute atomic E-state index is 12.1. The summed E-state index contributed by atoms with van der Waals surface area (Å²) in [5.41, 5.74) is 1.34. The van der Waals surface area contributed by atoms with Crippen molar-refractivity contribution in [2.45, 2.75) is 26.4 Å². The number of halogens is 1. The van der Waals surface area contributed by atoms with Crippen molar-refractivity contribution in [1.29, 1.82) is 0 Å². The van der Waals surface area contributed by atoms with Crippen LogP contribution < -0.4 is 10.1 Å². The van der Waals surface area contributed by atoms with E-state index in [0.717, 1.165) is 4.47 Å². The Kier molecular flexibility index (Phi) is 5.93. The van der Waals surface area contributed by atoms with Crippen molar-refractivity contribution >= 4 is 33.3 Å². The molecule has 120 valence electrons. The number of nitrogens with one attached hydrogen (secondary N) is 1. The quantitative estimate of drug-likeness (QED) is 0.758. The number of benzene rings is 2. The summed E-state index contributed by atoms with van der Waals surface area (Å²) >= 11 is 3.36. The zero-order valence-electron chi connectivity index (χ0n) is 13.0. The molecule has 0 spiro atoms. The Morgan fingerprint density at radius 2 is 1.87 bits per heavy atom. The topological polar surface area (TPSA) is 55.4 Å². The molecule has 0 heterocycles. The van der Waals surface area contributed by atoms with Gasteiger partial charge in [-0.05, 0) is 49.4 Å². The molecule has 0 saturated carbocycles. The van der Waals surface area contributed by atoms with E-state index in [0.29, 0.717) is 23.4 Å². The van der Waals surface area contributed by atoms with Crippen LogP contribution in [0.15, 0.2) is 53.0 Å². The lowest BCUT2D eigenvalue weighted by Gasteiger charge is -2.15. The number of ether oxygens (including phenoxy) is 1. The molecule has 4 nitrogen and oxygen atoms in total. The molecule has 0 radical (unpaired) electrons. The molecule has 1 unspecified atom stereocenters. The lowest BCUT2D eigenvalue weighted by atomic mass is 10.1. The van der Waals surface area contributed by atoms with Gasteiger partial charge in [0.1, 0.15) is 5.75 Å². The van der Waals surface area contributed by atoms with Crippen LogP contribution in [0.3, 0.4) is 0 Å². The average Bonchev–Trinajstić information content (AvgIpc) is 2.54. The third-order valence-electron chi connectivity index (χ3n) is 3.27. The number of ketones is 1. The minimum Gasteiger partial charge on any atom is -0.481 e. The highest BCUT2D eigenvalue weighted by Crippen LogP contribution is 2.18. The lowest BCUT2D eigenvalue weighted by Crippen LogP contribution is -2.30. The van der Waals surface area contributed by atoms with Crippen LogP contribution in [0.1, 0.15) is 30.6 Å². The fourth-order valence-electron chi connectivity index (χ4n) is 1.99. The van der Waals surface area contributed by atoms with Gasteiger partial charge >= 0.3 is 0 Å². The highest BCUT2D eigenvalue weighted by Gasteiger charge is 2.15. The van der Waals surface area contributed by atoms with Gasteiger partial charge in [0.15, 0.2) is 11.9 Å². The number of carbonyl (C=O) groups is 2. The molecule has 0 aromatic heterocycles. The number of hydrogen-bond donors (Lipinski definition) is 1. The van der Waals surface area contributed by atoms with Crippen LogP contribution in [0.2, 0.25) is 0 Å². The molecular formula is C18H18BrNO3. The Morgan fingerprint density at radius 1 is 1.17 bits per heavy atom. The second-order valence-corrected chi connectivity index (χ2v) is 5.98. The summed E-state index contributed by atoms with van der Waals surface area (Å²) in [6.45, 7) is 3.50. The number of carbonyl (C=O) groups excluding carboxylic acids is 2. The van der Waals surface area contributed by atoms with Crippen LogP contribution in [-0.2, 0) is 4.79 Å². The monoisotopic (exact) mass is 375 g/mol. The summed E-state index contributed by atoms with van der Waals surface area (Å²) in [7, 11) is 0. The number of amides is 1. The predicted octanol–water partition coefficient (Wildman–Crippen LogP) is 4.45. The van der Waals surface area contributed by atoms with E-state index in [4.69, 9.17) is 4.74 Å². The van der Waals surface area contributed by atoms with Gasteiger partial charge < -0.3 is 10.1 Å². The normalized spacial score (nSPS) is 11.6. The third-order valence-corrected chi connectivity index (χ3v) is 3.76. The molecule has 1 amide bonds. The van der Waals surface area contributed by atoms with E-state index in [2.05, 4.69) is 21.2 Å². The van der Waals surface area contributed by atoms with Gasteiger partial charge in [-0.1, -0.05) is 28.9 Å². The first-order valence-electron chi connectivity index (χ1n) is 7.36. The van der Waals surface area contributed by atoms with Crippen molar-refractivity contribution in [2.75, 3.05) is 5.32 Å². The van der Waals surface area contributed by atoms with Crippen molar-refractivity contribution in [3.63, 3.8) is 0 Å². The van der Waals surface area contributed by atoms with E-state index < -0.39 is 6.10 Å². The van der Waals surface area contributed by atoms with E-state index in [-0.39, 0.29) is 11.7 Å². The molecule has 1 atom stereocenters. The maximum atomic E-state index is 12.1. The van der Waals surface area contributed by atoms with Gasteiger partial charge in [-0.25, -0.2) is 0 Å². The molecule has 0 fully saturated rings.